The summed E-state index contributed by atoms with van der Waals surface area (Å²) in [5.74, 6) is 0.508. The zero-order valence-corrected chi connectivity index (χ0v) is 16.8. The van der Waals surface area contributed by atoms with Gasteiger partial charge < -0.3 is 9.47 Å². The minimum Gasteiger partial charge on any atom is -0.483 e. The number of amides is 2. The van der Waals surface area contributed by atoms with Crippen LogP contribution in [-0.2, 0) is 9.59 Å². The van der Waals surface area contributed by atoms with E-state index in [0.717, 1.165) is 22.3 Å². The molecule has 6 nitrogen and oxygen atoms in total. The monoisotopic (exact) mass is 402 g/mol. The van der Waals surface area contributed by atoms with Crippen LogP contribution < -0.4 is 20.3 Å². The van der Waals surface area contributed by atoms with Gasteiger partial charge in [0.2, 0.25) is 0 Å². The maximum atomic E-state index is 13.0. The third kappa shape index (κ3) is 3.98. The molecule has 0 atom stereocenters. The molecular formula is C24H22N2O4. The first-order valence-electron chi connectivity index (χ1n) is 9.67. The van der Waals surface area contributed by atoms with Gasteiger partial charge in [-0.3, -0.25) is 20.4 Å². The van der Waals surface area contributed by atoms with Crippen LogP contribution in [0.4, 0.5) is 0 Å². The van der Waals surface area contributed by atoms with Crippen LogP contribution in [0.1, 0.15) is 28.2 Å². The van der Waals surface area contributed by atoms with E-state index >= 15 is 0 Å². The van der Waals surface area contributed by atoms with Gasteiger partial charge in [0, 0.05) is 11.1 Å². The normalized spacial score (nSPS) is 12.2. The highest BCUT2D eigenvalue weighted by atomic mass is 16.5. The summed E-state index contributed by atoms with van der Waals surface area (Å²) in [6.45, 7) is 3.66. The van der Waals surface area contributed by atoms with Crippen LogP contribution in [0.15, 0.2) is 66.7 Å². The van der Waals surface area contributed by atoms with Crippen molar-refractivity contribution in [3.63, 3.8) is 0 Å². The van der Waals surface area contributed by atoms with Crippen molar-refractivity contribution in [1.82, 2.24) is 10.9 Å². The number of carbonyl (C=O) groups is 2. The number of hydrogen-bond acceptors (Lipinski definition) is 4. The quantitative estimate of drug-likeness (QED) is 0.652. The smallest absolute Gasteiger partial charge is 0.276 e. The molecule has 152 valence electrons. The van der Waals surface area contributed by atoms with Gasteiger partial charge in [0.15, 0.2) is 6.61 Å². The second-order valence-corrected chi connectivity index (χ2v) is 7.21. The van der Waals surface area contributed by atoms with E-state index < -0.39 is 11.8 Å². The molecular weight excluding hydrogens is 380 g/mol. The molecule has 6 heteroatoms. The molecule has 2 N–H and O–H groups in total. The van der Waals surface area contributed by atoms with E-state index in [2.05, 4.69) is 10.9 Å². The van der Waals surface area contributed by atoms with Crippen molar-refractivity contribution >= 4 is 11.8 Å². The molecule has 0 aliphatic carbocycles. The molecule has 0 saturated heterocycles. The number of nitrogens with one attached hydrogen (secondary N) is 2. The predicted molar refractivity (Wildman–Crippen MR) is 112 cm³/mol. The third-order valence-electron chi connectivity index (χ3n) is 4.97. The topological polar surface area (TPSA) is 76.7 Å². The number of para-hydroxylation sites is 2. The minimum absolute atomic E-state index is 0.203. The molecule has 0 aromatic heterocycles. The van der Waals surface area contributed by atoms with E-state index in [-0.39, 0.29) is 12.5 Å². The number of hydrogen-bond donors (Lipinski definition) is 2. The van der Waals surface area contributed by atoms with E-state index in [1.54, 1.807) is 0 Å². The lowest BCUT2D eigenvalue weighted by Gasteiger charge is -2.27. The zero-order valence-electron chi connectivity index (χ0n) is 16.8. The molecule has 0 fully saturated rings. The van der Waals surface area contributed by atoms with Crippen LogP contribution in [0.25, 0.3) is 0 Å². The standard InChI is InChI=1S/C24H22N2O4/c1-15-11-12-16(2)21(13-15)29-14-22(27)25-26-24(28)23-17-7-3-5-9-19(17)30-20-10-6-4-8-18(20)23/h3-13,23H,14H2,1-2H3,(H,25,27)(H,26,28). The number of hydrazine groups is 1. The summed E-state index contributed by atoms with van der Waals surface area (Å²) in [5.41, 5.74) is 8.43. The van der Waals surface area contributed by atoms with Crippen LogP contribution in [0.3, 0.4) is 0 Å². The summed E-state index contributed by atoms with van der Waals surface area (Å²) in [6, 6.07) is 20.5. The average Bonchev–Trinajstić information content (AvgIpc) is 2.76. The Morgan fingerprint density at radius 3 is 2.20 bits per heavy atom. The van der Waals surface area contributed by atoms with Gasteiger partial charge in [0.25, 0.3) is 11.8 Å². The predicted octanol–water partition coefficient (Wildman–Crippen LogP) is 3.77. The maximum Gasteiger partial charge on any atom is 0.276 e. The van der Waals surface area contributed by atoms with Crippen molar-refractivity contribution < 1.29 is 19.1 Å². The molecule has 1 heterocycles. The molecule has 0 unspecified atom stereocenters. The average molecular weight is 402 g/mol. The van der Waals surface area contributed by atoms with Crippen molar-refractivity contribution in [2.45, 2.75) is 19.8 Å². The number of fused-ring (bicyclic) bond motifs is 2. The molecule has 1 aliphatic rings. The minimum atomic E-state index is -0.591. The number of carbonyl (C=O) groups excluding carboxylic acids is 2. The number of ether oxygens (including phenoxy) is 2. The first-order valence-corrected chi connectivity index (χ1v) is 9.67. The summed E-state index contributed by atoms with van der Waals surface area (Å²) in [4.78, 5) is 25.2. The first-order chi connectivity index (χ1) is 14.5. The molecule has 4 rings (SSSR count). The molecule has 3 aromatic rings. The summed E-state index contributed by atoms with van der Waals surface area (Å²) in [6.07, 6.45) is 0. The molecule has 0 saturated carbocycles. The van der Waals surface area contributed by atoms with Crippen molar-refractivity contribution in [2.75, 3.05) is 6.61 Å². The SMILES string of the molecule is Cc1ccc(C)c(OCC(=O)NNC(=O)C2c3ccccc3Oc3ccccc32)c1. The third-order valence-corrected chi connectivity index (χ3v) is 4.97. The van der Waals surface area contributed by atoms with Crippen molar-refractivity contribution in [1.29, 1.82) is 0 Å². The van der Waals surface area contributed by atoms with Gasteiger partial charge in [-0.05, 0) is 43.2 Å². The van der Waals surface area contributed by atoms with Crippen LogP contribution >= 0.6 is 0 Å². The highest BCUT2D eigenvalue weighted by Gasteiger charge is 2.32. The highest BCUT2D eigenvalue weighted by Crippen LogP contribution is 2.43. The summed E-state index contributed by atoms with van der Waals surface area (Å²) in [7, 11) is 0. The maximum absolute atomic E-state index is 13.0. The molecule has 2 amide bonds. The fraction of sp³-hybridized carbons (Fsp3) is 0.167. The zero-order chi connectivity index (χ0) is 21.1. The largest absolute Gasteiger partial charge is 0.483 e. The van der Waals surface area contributed by atoms with Gasteiger partial charge in [-0.2, -0.15) is 0 Å². The molecule has 0 radical (unpaired) electrons. The van der Waals surface area contributed by atoms with Gasteiger partial charge in [-0.15, -0.1) is 0 Å². The summed E-state index contributed by atoms with van der Waals surface area (Å²) >= 11 is 0. The van der Waals surface area contributed by atoms with Gasteiger partial charge in [-0.25, -0.2) is 0 Å². The Morgan fingerprint density at radius 2 is 1.53 bits per heavy atom. The molecule has 0 spiro atoms. The second kappa shape index (κ2) is 8.29. The Morgan fingerprint density at radius 1 is 0.900 bits per heavy atom. The fourth-order valence-electron chi connectivity index (χ4n) is 3.44. The highest BCUT2D eigenvalue weighted by molar-refractivity contribution is 5.91. The van der Waals surface area contributed by atoms with E-state index in [9.17, 15) is 9.59 Å². The number of aryl methyl sites for hydroxylation is 2. The second-order valence-electron chi connectivity index (χ2n) is 7.21. The Labute approximate surface area is 174 Å². The molecule has 30 heavy (non-hydrogen) atoms. The van der Waals surface area contributed by atoms with Crippen LogP contribution in [0.2, 0.25) is 0 Å². The van der Waals surface area contributed by atoms with Gasteiger partial charge in [0.1, 0.15) is 17.2 Å². The molecule has 1 aliphatic heterocycles. The van der Waals surface area contributed by atoms with Crippen molar-refractivity contribution in [2.24, 2.45) is 0 Å². The Hall–Kier alpha value is -3.80. The van der Waals surface area contributed by atoms with E-state index in [4.69, 9.17) is 9.47 Å². The number of benzene rings is 3. The van der Waals surface area contributed by atoms with E-state index in [0.29, 0.717) is 17.2 Å². The Bertz CT molecular complexity index is 1060. The fourth-order valence-corrected chi connectivity index (χ4v) is 3.44. The van der Waals surface area contributed by atoms with Gasteiger partial charge in [0.05, 0.1) is 5.92 Å². The Balaban J connectivity index is 1.43. The molecule has 0 bridgehead atoms. The summed E-state index contributed by atoms with van der Waals surface area (Å²) < 4.78 is 11.5. The Kier molecular flexibility index (Phi) is 5.39. The van der Waals surface area contributed by atoms with E-state index in [1.165, 1.54) is 0 Å². The lowest BCUT2D eigenvalue weighted by atomic mass is 9.87. The van der Waals surface area contributed by atoms with Crippen LogP contribution in [0.5, 0.6) is 17.2 Å². The lowest BCUT2D eigenvalue weighted by molar-refractivity contribution is -0.130. The van der Waals surface area contributed by atoms with Crippen molar-refractivity contribution in [3.8, 4) is 17.2 Å². The van der Waals surface area contributed by atoms with Gasteiger partial charge >= 0.3 is 0 Å². The molecule has 3 aromatic carbocycles. The van der Waals surface area contributed by atoms with Crippen LogP contribution in [0, 0.1) is 13.8 Å². The lowest BCUT2D eigenvalue weighted by Crippen LogP contribution is -2.46. The van der Waals surface area contributed by atoms with E-state index in [1.807, 2.05) is 80.6 Å². The van der Waals surface area contributed by atoms with Crippen molar-refractivity contribution in [3.05, 3.63) is 89.0 Å². The summed E-state index contributed by atoms with van der Waals surface area (Å²) in [5, 5.41) is 0. The first kappa shape index (κ1) is 19.5. The number of rotatable bonds is 4. The van der Waals surface area contributed by atoms with Crippen LogP contribution in [-0.4, -0.2) is 18.4 Å². The van der Waals surface area contributed by atoms with Gasteiger partial charge in [-0.1, -0.05) is 48.5 Å².